The quantitative estimate of drug-likeness (QED) is 0.912. The number of anilines is 1. The summed E-state index contributed by atoms with van der Waals surface area (Å²) in [6, 6.07) is 10.1. The maximum atomic E-state index is 10.2. The molecule has 5 heteroatoms. The van der Waals surface area contributed by atoms with Gasteiger partial charge in [0.15, 0.2) is 0 Å². The minimum atomic E-state index is -0.457. The summed E-state index contributed by atoms with van der Waals surface area (Å²) in [5.74, 6) is 0. The molecule has 2 heterocycles. The molecule has 0 spiro atoms. The van der Waals surface area contributed by atoms with Gasteiger partial charge in [0.25, 0.3) is 0 Å². The molecule has 1 atom stereocenters. The van der Waals surface area contributed by atoms with E-state index >= 15 is 0 Å². The Labute approximate surface area is 118 Å². The monoisotopic (exact) mass is 273 g/mol. The number of benzene rings is 1. The fourth-order valence-electron chi connectivity index (χ4n) is 2.54. The fourth-order valence-corrected chi connectivity index (χ4v) is 2.54. The maximum absolute atomic E-state index is 10.2. The third-order valence-corrected chi connectivity index (χ3v) is 3.48. The van der Waals surface area contributed by atoms with Gasteiger partial charge in [-0.25, -0.2) is 0 Å². The van der Waals surface area contributed by atoms with Crippen molar-refractivity contribution in [2.45, 2.75) is 19.3 Å². The average molecular weight is 273 g/mol. The van der Waals surface area contributed by atoms with E-state index in [0.29, 0.717) is 26.3 Å². The summed E-state index contributed by atoms with van der Waals surface area (Å²) < 4.78 is 7.35. The van der Waals surface area contributed by atoms with Crippen molar-refractivity contribution in [2.75, 3.05) is 24.6 Å². The minimum absolute atomic E-state index is 0.457. The number of rotatable bonds is 4. The van der Waals surface area contributed by atoms with Crippen LogP contribution >= 0.6 is 0 Å². The molecule has 1 aliphatic rings. The van der Waals surface area contributed by atoms with Crippen molar-refractivity contribution in [3.8, 4) is 0 Å². The lowest BCUT2D eigenvalue weighted by Gasteiger charge is -2.26. The normalized spacial score (nSPS) is 16.6. The molecular formula is C15H19N3O2. The van der Waals surface area contributed by atoms with E-state index in [1.165, 1.54) is 5.56 Å². The molecule has 106 valence electrons. The van der Waals surface area contributed by atoms with Crippen molar-refractivity contribution in [2.24, 2.45) is 0 Å². The molecule has 0 bridgehead atoms. The van der Waals surface area contributed by atoms with Crippen LogP contribution in [-0.4, -0.2) is 40.7 Å². The van der Waals surface area contributed by atoms with E-state index in [1.54, 1.807) is 10.9 Å². The van der Waals surface area contributed by atoms with Crippen molar-refractivity contribution in [3.63, 3.8) is 0 Å². The van der Waals surface area contributed by atoms with Gasteiger partial charge in [-0.05, 0) is 12.1 Å². The zero-order chi connectivity index (χ0) is 13.8. The Hall–Kier alpha value is -1.85. The topological polar surface area (TPSA) is 50.5 Å². The van der Waals surface area contributed by atoms with Crippen LogP contribution in [0.15, 0.2) is 42.7 Å². The number of hydrogen-bond acceptors (Lipinski definition) is 4. The van der Waals surface area contributed by atoms with Gasteiger partial charge >= 0.3 is 0 Å². The van der Waals surface area contributed by atoms with Crippen LogP contribution in [0.2, 0.25) is 0 Å². The number of aromatic nitrogens is 2. The third-order valence-electron chi connectivity index (χ3n) is 3.48. The lowest BCUT2D eigenvalue weighted by molar-refractivity contribution is 0.127. The van der Waals surface area contributed by atoms with Crippen LogP contribution in [0.1, 0.15) is 5.56 Å². The van der Waals surface area contributed by atoms with Crippen LogP contribution in [0.3, 0.4) is 0 Å². The Kier molecular flexibility index (Phi) is 3.99. The standard InChI is InChI=1S/C15H19N3O2/c19-14(11-18-7-3-6-16-18)10-17-8-9-20-12-13-4-1-2-5-15(13)17/h1-7,14,19H,8-12H2. The molecule has 1 aromatic heterocycles. The van der Waals surface area contributed by atoms with Crippen LogP contribution in [0, 0.1) is 0 Å². The highest BCUT2D eigenvalue weighted by molar-refractivity contribution is 5.54. The number of fused-ring (bicyclic) bond motifs is 1. The first-order chi connectivity index (χ1) is 9.83. The Balaban J connectivity index is 1.70. The van der Waals surface area contributed by atoms with Crippen LogP contribution in [0.25, 0.3) is 0 Å². The van der Waals surface area contributed by atoms with Gasteiger partial charge in [-0.2, -0.15) is 5.10 Å². The first-order valence-electron chi connectivity index (χ1n) is 6.89. The van der Waals surface area contributed by atoms with Crippen LogP contribution in [0.4, 0.5) is 5.69 Å². The number of β-amino-alcohol motifs (C(OH)–C–C–N with tert-alkyl or cyclic N) is 1. The highest BCUT2D eigenvalue weighted by Crippen LogP contribution is 2.23. The zero-order valence-corrected chi connectivity index (χ0v) is 11.4. The summed E-state index contributed by atoms with van der Waals surface area (Å²) in [7, 11) is 0. The van der Waals surface area contributed by atoms with Crippen molar-refractivity contribution in [3.05, 3.63) is 48.3 Å². The molecule has 1 N–H and O–H groups in total. The summed E-state index contributed by atoms with van der Waals surface area (Å²) in [4.78, 5) is 2.19. The summed E-state index contributed by atoms with van der Waals surface area (Å²) >= 11 is 0. The van der Waals surface area contributed by atoms with E-state index in [-0.39, 0.29) is 0 Å². The van der Waals surface area contributed by atoms with Crippen molar-refractivity contribution >= 4 is 5.69 Å². The van der Waals surface area contributed by atoms with E-state index < -0.39 is 6.10 Å². The first kappa shape index (κ1) is 13.1. The summed E-state index contributed by atoms with van der Waals surface area (Å²) in [6.07, 6.45) is 3.13. The maximum Gasteiger partial charge on any atom is 0.0910 e. The Morgan fingerprint density at radius 1 is 1.25 bits per heavy atom. The Morgan fingerprint density at radius 2 is 2.15 bits per heavy atom. The second-order valence-corrected chi connectivity index (χ2v) is 5.01. The molecule has 3 rings (SSSR count). The largest absolute Gasteiger partial charge is 0.389 e. The van der Waals surface area contributed by atoms with Crippen molar-refractivity contribution < 1.29 is 9.84 Å². The SMILES string of the molecule is OC(CN1CCOCc2ccccc21)Cn1cccn1. The van der Waals surface area contributed by atoms with Gasteiger partial charge in [-0.1, -0.05) is 18.2 Å². The Bertz CT molecular complexity index is 542. The third kappa shape index (κ3) is 3.00. The second-order valence-electron chi connectivity index (χ2n) is 5.01. The molecule has 0 radical (unpaired) electrons. The molecule has 0 amide bonds. The molecule has 0 saturated heterocycles. The molecule has 20 heavy (non-hydrogen) atoms. The van der Waals surface area contributed by atoms with Gasteiger partial charge in [-0.15, -0.1) is 0 Å². The van der Waals surface area contributed by atoms with Gasteiger partial charge in [0, 0.05) is 36.7 Å². The predicted molar refractivity (Wildman–Crippen MR) is 76.5 cm³/mol. The summed E-state index contributed by atoms with van der Waals surface area (Å²) in [5.41, 5.74) is 2.33. The zero-order valence-electron chi connectivity index (χ0n) is 11.4. The molecule has 0 aliphatic carbocycles. The van der Waals surface area contributed by atoms with E-state index in [0.717, 1.165) is 12.2 Å². The van der Waals surface area contributed by atoms with Crippen LogP contribution in [-0.2, 0) is 17.9 Å². The van der Waals surface area contributed by atoms with Gasteiger partial charge in [-0.3, -0.25) is 4.68 Å². The predicted octanol–water partition coefficient (Wildman–Crippen LogP) is 1.28. The van der Waals surface area contributed by atoms with Crippen molar-refractivity contribution in [1.82, 2.24) is 9.78 Å². The Morgan fingerprint density at radius 3 is 3.00 bits per heavy atom. The van der Waals surface area contributed by atoms with Crippen LogP contribution < -0.4 is 4.90 Å². The highest BCUT2D eigenvalue weighted by Gasteiger charge is 2.18. The molecular weight excluding hydrogens is 254 g/mol. The van der Waals surface area contributed by atoms with Crippen molar-refractivity contribution in [1.29, 1.82) is 0 Å². The minimum Gasteiger partial charge on any atom is -0.389 e. The van der Waals surface area contributed by atoms with E-state index in [1.807, 2.05) is 24.4 Å². The van der Waals surface area contributed by atoms with Gasteiger partial charge in [0.05, 0.1) is 25.9 Å². The molecule has 2 aromatic rings. The molecule has 1 aliphatic heterocycles. The number of aliphatic hydroxyl groups excluding tert-OH is 1. The molecule has 0 saturated carbocycles. The summed E-state index contributed by atoms with van der Waals surface area (Å²) in [5, 5.41) is 14.4. The molecule has 1 aromatic carbocycles. The van der Waals surface area contributed by atoms with E-state index in [4.69, 9.17) is 4.74 Å². The van der Waals surface area contributed by atoms with Gasteiger partial charge in [0.2, 0.25) is 0 Å². The smallest absolute Gasteiger partial charge is 0.0910 e. The lowest BCUT2D eigenvalue weighted by atomic mass is 10.1. The van der Waals surface area contributed by atoms with Gasteiger partial charge in [0.1, 0.15) is 0 Å². The van der Waals surface area contributed by atoms with E-state index in [2.05, 4.69) is 22.1 Å². The van der Waals surface area contributed by atoms with E-state index in [9.17, 15) is 5.11 Å². The molecule has 0 fully saturated rings. The number of ether oxygens (including phenoxy) is 1. The lowest BCUT2D eigenvalue weighted by Crippen LogP contribution is -2.36. The summed E-state index contributed by atoms with van der Waals surface area (Å²) in [6.45, 7) is 3.21. The molecule has 5 nitrogen and oxygen atoms in total. The molecule has 1 unspecified atom stereocenters. The fraction of sp³-hybridized carbons (Fsp3) is 0.400. The number of hydrogen-bond donors (Lipinski definition) is 1. The van der Waals surface area contributed by atoms with Crippen LogP contribution in [0.5, 0.6) is 0 Å². The highest BCUT2D eigenvalue weighted by atomic mass is 16.5. The number of aliphatic hydroxyl groups is 1. The first-order valence-corrected chi connectivity index (χ1v) is 6.89. The number of nitrogens with zero attached hydrogens (tertiary/aromatic N) is 3. The van der Waals surface area contributed by atoms with Gasteiger partial charge < -0.3 is 14.7 Å². The number of para-hydroxylation sites is 1. The average Bonchev–Trinajstić information content (AvgIpc) is 2.87. The second kappa shape index (κ2) is 6.07.